The van der Waals surface area contributed by atoms with Crippen LogP contribution in [-0.2, 0) is 14.4 Å². The summed E-state index contributed by atoms with van der Waals surface area (Å²) in [6, 6.07) is 14.5. The van der Waals surface area contributed by atoms with E-state index in [1.165, 1.54) is 6.07 Å². The molecule has 2 unspecified atom stereocenters. The zero-order valence-corrected chi connectivity index (χ0v) is 17.2. The van der Waals surface area contributed by atoms with Crippen LogP contribution in [0.5, 0.6) is 5.75 Å². The lowest BCUT2D eigenvalue weighted by Gasteiger charge is -2.32. The molecular weight excluding hydrogens is 410 g/mol. The average molecular weight is 431 g/mol. The normalized spacial score (nSPS) is 25.2. The van der Waals surface area contributed by atoms with Crippen LogP contribution in [0.2, 0.25) is 0 Å². The minimum absolute atomic E-state index is 0.151. The summed E-state index contributed by atoms with van der Waals surface area (Å²) in [7, 11) is 0. The highest BCUT2D eigenvalue weighted by Gasteiger charge is 2.63. The van der Waals surface area contributed by atoms with Gasteiger partial charge < -0.3 is 9.84 Å². The quantitative estimate of drug-likeness (QED) is 0.347. The van der Waals surface area contributed by atoms with Gasteiger partial charge in [-0.2, -0.15) is 0 Å². The molecule has 0 saturated heterocycles. The number of carbonyl (C=O) groups excluding carboxylic acids is 4. The van der Waals surface area contributed by atoms with Gasteiger partial charge in [0.25, 0.3) is 5.91 Å². The molecule has 0 bridgehead atoms. The third-order valence-electron chi connectivity index (χ3n) is 6.44. The Labute approximate surface area is 184 Å². The molecule has 0 aromatic heterocycles. The molecule has 0 spiro atoms. The van der Waals surface area contributed by atoms with E-state index in [9.17, 15) is 24.3 Å². The predicted octanol–water partition coefficient (Wildman–Crippen LogP) is 2.97. The van der Waals surface area contributed by atoms with Gasteiger partial charge in [-0.1, -0.05) is 55.3 Å². The molecule has 2 heterocycles. The summed E-state index contributed by atoms with van der Waals surface area (Å²) >= 11 is 0. The van der Waals surface area contributed by atoms with E-state index in [1.807, 2.05) is 0 Å². The Morgan fingerprint density at radius 2 is 1.69 bits per heavy atom. The summed E-state index contributed by atoms with van der Waals surface area (Å²) in [5.41, 5.74) is -2.69. The fourth-order valence-corrected chi connectivity index (χ4v) is 4.91. The lowest BCUT2D eigenvalue weighted by atomic mass is 9.74. The minimum atomic E-state index is -2.44. The summed E-state index contributed by atoms with van der Waals surface area (Å²) in [6.45, 7) is 0. The Balaban J connectivity index is 1.77. The second kappa shape index (κ2) is 7.53. The molecule has 0 radical (unpaired) electrons. The summed E-state index contributed by atoms with van der Waals surface area (Å²) in [4.78, 5) is 54.5. The van der Waals surface area contributed by atoms with Crippen molar-refractivity contribution in [1.82, 2.24) is 0 Å². The van der Waals surface area contributed by atoms with E-state index in [-0.39, 0.29) is 46.9 Å². The van der Waals surface area contributed by atoms with E-state index in [0.29, 0.717) is 12.8 Å². The number of nitrogens with zero attached hydrogens (tertiary/aromatic N) is 1. The Kier molecular flexibility index (Phi) is 4.78. The van der Waals surface area contributed by atoms with Crippen LogP contribution >= 0.6 is 0 Å². The number of esters is 1. The third-order valence-corrected chi connectivity index (χ3v) is 6.44. The second-order valence-corrected chi connectivity index (χ2v) is 8.30. The van der Waals surface area contributed by atoms with Gasteiger partial charge in [0, 0.05) is 12.0 Å². The molecule has 1 fully saturated rings. The zero-order valence-electron chi connectivity index (χ0n) is 17.2. The summed E-state index contributed by atoms with van der Waals surface area (Å²) in [6.07, 6.45) is 2.55. The van der Waals surface area contributed by atoms with Gasteiger partial charge in [0.05, 0.1) is 17.2 Å². The van der Waals surface area contributed by atoms with Crippen LogP contribution in [0.15, 0.2) is 65.9 Å². The maximum atomic E-state index is 13.8. The molecule has 7 nitrogen and oxygen atoms in total. The van der Waals surface area contributed by atoms with Crippen molar-refractivity contribution in [3.63, 3.8) is 0 Å². The number of Topliss-reactive ketones (excluding diaryl/α,β-unsaturated/α-hetero) is 2. The molecule has 7 heteroatoms. The number of aliphatic hydroxyl groups is 1. The number of benzene rings is 2. The summed E-state index contributed by atoms with van der Waals surface area (Å²) in [5, 5.41) is 11.9. The molecular formula is C25H21NO6. The van der Waals surface area contributed by atoms with Crippen molar-refractivity contribution in [2.45, 2.75) is 37.7 Å². The van der Waals surface area contributed by atoms with Gasteiger partial charge in [-0.3, -0.25) is 19.3 Å². The smallest absolute Gasteiger partial charge is 0.361 e. The minimum Gasteiger partial charge on any atom is -0.420 e. The number of ketones is 2. The van der Waals surface area contributed by atoms with Crippen molar-refractivity contribution in [3.05, 3.63) is 71.4 Å². The van der Waals surface area contributed by atoms with Crippen LogP contribution in [0, 0.1) is 5.92 Å². The first-order valence-corrected chi connectivity index (χ1v) is 10.7. The number of para-hydroxylation sites is 2. The highest BCUT2D eigenvalue weighted by atomic mass is 16.5. The average Bonchev–Trinajstić information content (AvgIpc) is 2.92. The molecule has 2 atom stereocenters. The number of amides is 1. The molecule has 2 aliphatic heterocycles. The highest BCUT2D eigenvalue weighted by Crippen LogP contribution is 2.49. The Hall–Kier alpha value is -3.58. The van der Waals surface area contributed by atoms with Crippen LogP contribution in [0.1, 0.15) is 42.5 Å². The van der Waals surface area contributed by atoms with E-state index in [2.05, 4.69) is 0 Å². The Bertz CT molecular complexity index is 1180. The van der Waals surface area contributed by atoms with Crippen LogP contribution < -0.4 is 9.64 Å². The Morgan fingerprint density at radius 3 is 2.47 bits per heavy atom. The number of anilines is 1. The SMILES string of the molecule is O=C1Oc2ccccc2N2C(=O)C(O)(C3CCCCCC3=O)C(C(=O)c3ccccc3)=C12. The standard InChI is InChI=1S/C25H21NO6/c27-18-13-6-2-5-11-16(18)25(31)20(22(28)15-9-3-1-4-10-15)21-23(29)32-19-14-8-7-12-17(19)26(21)24(25)30/h1,3-4,7-10,12,14,16,31H,2,5-6,11,13H2. The lowest BCUT2D eigenvalue weighted by molar-refractivity contribution is -0.144. The monoisotopic (exact) mass is 431 g/mol. The molecule has 1 amide bonds. The molecule has 3 aliphatic rings. The molecule has 2 aromatic rings. The maximum Gasteiger partial charge on any atom is 0.361 e. The van der Waals surface area contributed by atoms with Crippen molar-refractivity contribution < 1.29 is 29.0 Å². The van der Waals surface area contributed by atoms with Crippen molar-refractivity contribution in [2.24, 2.45) is 5.92 Å². The molecule has 2 aromatic carbocycles. The van der Waals surface area contributed by atoms with Gasteiger partial charge in [-0.05, 0) is 25.0 Å². The van der Waals surface area contributed by atoms with Crippen molar-refractivity contribution in [2.75, 3.05) is 4.90 Å². The Morgan fingerprint density at radius 1 is 0.969 bits per heavy atom. The number of hydrogen-bond acceptors (Lipinski definition) is 6. The molecule has 162 valence electrons. The molecule has 1 aliphatic carbocycles. The first kappa shape index (κ1) is 20.3. The van der Waals surface area contributed by atoms with E-state index in [4.69, 9.17) is 4.74 Å². The van der Waals surface area contributed by atoms with E-state index in [1.54, 1.807) is 48.5 Å². The number of fused-ring (bicyclic) bond motifs is 3. The van der Waals surface area contributed by atoms with E-state index in [0.717, 1.165) is 11.3 Å². The second-order valence-electron chi connectivity index (χ2n) is 8.30. The molecule has 1 saturated carbocycles. The predicted molar refractivity (Wildman–Crippen MR) is 114 cm³/mol. The van der Waals surface area contributed by atoms with Gasteiger partial charge in [0.15, 0.2) is 17.1 Å². The van der Waals surface area contributed by atoms with Crippen LogP contribution in [0.3, 0.4) is 0 Å². The number of ether oxygens (including phenoxy) is 1. The lowest BCUT2D eigenvalue weighted by Crippen LogP contribution is -2.53. The topological polar surface area (TPSA) is 101 Å². The van der Waals surface area contributed by atoms with Crippen molar-refractivity contribution in [3.8, 4) is 5.75 Å². The fraction of sp³-hybridized carbons (Fsp3) is 0.280. The number of rotatable bonds is 3. The first-order valence-electron chi connectivity index (χ1n) is 10.7. The van der Waals surface area contributed by atoms with E-state index < -0.39 is 29.2 Å². The van der Waals surface area contributed by atoms with Gasteiger partial charge in [0.1, 0.15) is 11.5 Å². The molecule has 1 N–H and O–H groups in total. The van der Waals surface area contributed by atoms with Gasteiger partial charge in [-0.25, -0.2) is 4.79 Å². The molecule has 32 heavy (non-hydrogen) atoms. The maximum absolute atomic E-state index is 13.8. The van der Waals surface area contributed by atoms with Crippen LogP contribution in [0.4, 0.5) is 5.69 Å². The van der Waals surface area contributed by atoms with Gasteiger partial charge >= 0.3 is 5.97 Å². The van der Waals surface area contributed by atoms with Crippen molar-refractivity contribution in [1.29, 1.82) is 0 Å². The van der Waals surface area contributed by atoms with Crippen molar-refractivity contribution >= 4 is 29.1 Å². The zero-order chi connectivity index (χ0) is 22.5. The van der Waals surface area contributed by atoms with Crippen LogP contribution in [0.25, 0.3) is 0 Å². The van der Waals surface area contributed by atoms with Crippen LogP contribution in [-0.4, -0.2) is 34.2 Å². The number of carbonyl (C=O) groups is 4. The molecule has 5 rings (SSSR count). The van der Waals surface area contributed by atoms with Gasteiger partial charge in [0.2, 0.25) is 0 Å². The first-order chi connectivity index (χ1) is 15.4. The van der Waals surface area contributed by atoms with E-state index >= 15 is 0 Å². The fourth-order valence-electron chi connectivity index (χ4n) is 4.91. The number of hydrogen-bond donors (Lipinski definition) is 1. The highest BCUT2D eigenvalue weighted by molar-refractivity contribution is 6.29. The van der Waals surface area contributed by atoms with Gasteiger partial charge in [-0.15, -0.1) is 0 Å². The largest absolute Gasteiger partial charge is 0.420 e. The summed E-state index contributed by atoms with van der Waals surface area (Å²) in [5.74, 6) is -3.69. The summed E-state index contributed by atoms with van der Waals surface area (Å²) < 4.78 is 5.40. The third kappa shape index (κ3) is 2.85.